The van der Waals surface area contributed by atoms with Crippen LogP contribution in [-0.2, 0) is 4.74 Å². The third-order valence-electron chi connectivity index (χ3n) is 0.786. The van der Waals surface area contributed by atoms with Crippen molar-refractivity contribution >= 4 is 0 Å². The zero-order valence-electron chi connectivity index (χ0n) is 4.35. The zero-order chi connectivity index (χ0) is 5.11. The van der Waals surface area contributed by atoms with Crippen molar-refractivity contribution < 1.29 is 4.74 Å². The summed E-state index contributed by atoms with van der Waals surface area (Å²) in [6, 6.07) is 0. The van der Waals surface area contributed by atoms with Crippen molar-refractivity contribution in [3.8, 4) is 0 Å². The van der Waals surface area contributed by atoms with Crippen molar-refractivity contribution in [2.24, 2.45) is 0 Å². The van der Waals surface area contributed by atoms with Crippen LogP contribution in [0.1, 0.15) is 6.92 Å². The van der Waals surface area contributed by atoms with Gasteiger partial charge >= 0.3 is 0 Å². The lowest BCUT2D eigenvalue weighted by Crippen LogP contribution is -1.45. The average Bonchev–Trinajstić information content (AvgIpc) is 2.42. The molecular weight excluding hydrogens is 88.1 g/mol. The molecule has 1 saturated heterocycles. The van der Waals surface area contributed by atoms with Crippen molar-refractivity contribution in [1.29, 1.82) is 0 Å². The summed E-state index contributed by atoms with van der Waals surface area (Å²) < 4.78 is 4.82. The molecule has 1 heterocycles. The van der Waals surface area contributed by atoms with Crippen molar-refractivity contribution in [3.63, 3.8) is 0 Å². The van der Waals surface area contributed by atoms with Crippen LogP contribution in [0.3, 0.4) is 0 Å². The Hall–Kier alpha value is -0.720. The Morgan fingerprint density at radius 1 is 1.71 bits per heavy atom. The first-order chi connectivity index (χ1) is 3.43. The van der Waals surface area contributed by atoms with Gasteiger partial charge in [0.15, 0.2) is 0 Å². The Bertz CT molecular complexity index is 105. The van der Waals surface area contributed by atoms with E-state index in [0.29, 0.717) is 0 Å². The van der Waals surface area contributed by atoms with E-state index in [9.17, 15) is 0 Å². The third kappa shape index (κ3) is 1.44. The maximum atomic E-state index is 4.82. The standard InChI is InChI=1S/C6H8O/c1-2-3-4-6-5-7-6/h2-4H,5H2,1H3/b3-2+,6-4-. The first kappa shape index (κ1) is 4.44. The molecule has 38 valence electrons. The molecule has 1 aliphatic heterocycles. The summed E-state index contributed by atoms with van der Waals surface area (Å²) in [7, 11) is 0. The van der Waals surface area contributed by atoms with Gasteiger partial charge in [0.1, 0.15) is 12.4 Å². The van der Waals surface area contributed by atoms with E-state index in [4.69, 9.17) is 4.74 Å². The van der Waals surface area contributed by atoms with Crippen molar-refractivity contribution in [2.45, 2.75) is 6.92 Å². The second kappa shape index (κ2) is 1.82. The highest BCUT2D eigenvalue weighted by Crippen LogP contribution is 2.12. The van der Waals surface area contributed by atoms with Crippen LogP contribution >= 0.6 is 0 Å². The van der Waals surface area contributed by atoms with Gasteiger partial charge in [-0.1, -0.05) is 12.2 Å². The van der Waals surface area contributed by atoms with Crippen LogP contribution in [0, 0.1) is 0 Å². The number of rotatable bonds is 1. The number of epoxide rings is 1. The molecule has 1 rings (SSSR count). The van der Waals surface area contributed by atoms with Crippen LogP contribution in [0.5, 0.6) is 0 Å². The van der Waals surface area contributed by atoms with Crippen LogP contribution in [0.4, 0.5) is 0 Å². The minimum absolute atomic E-state index is 0.838. The normalized spacial score (nSPS) is 23.3. The molecule has 0 spiro atoms. The highest BCUT2D eigenvalue weighted by molar-refractivity contribution is 5.13. The molecule has 0 aromatic rings. The summed E-state index contributed by atoms with van der Waals surface area (Å²) in [4.78, 5) is 0. The quantitative estimate of drug-likeness (QED) is 0.450. The summed E-state index contributed by atoms with van der Waals surface area (Å²) in [5.41, 5.74) is 0. The second-order valence-corrected chi connectivity index (χ2v) is 1.45. The summed E-state index contributed by atoms with van der Waals surface area (Å²) in [6.07, 6.45) is 5.93. The maximum absolute atomic E-state index is 4.82. The second-order valence-electron chi connectivity index (χ2n) is 1.45. The van der Waals surface area contributed by atoms with E-state index < -0.39 is 0 Å². The lowest BCUT2D eigenvalue weighted by Gasteiger charge is -1.62. The van der Waals surface area contributed by atoms with Gasteiger partial charge in [-0.05, 0) is 13.0 Å². The average molecular weight is 96.1 g/mol. The summed E-state index contributed by atoms with van der Waals surface area (Å²) in [5.74, 6) is 1.10. The summed E-state index contributed by atoms with van der Waals surface area (Å²) >= 11 is 0. The highest BCUT2D eigenvalue weighted by Gasteiger charge is 2.09. The zero-order valence-corrected chi connectivity index (χ0v) is 4.35. The molecule has 0 saturated carbocycles. The van der Waals surface area contributed by atoms with E-state index >= 15 is 0 Å². The molecule has 1 aliphatic rings. The Kier molecular flexibility index (Phi) is 1.16. The van der Waals surface area contributed by atoms with Gasteiger partial charge in [0.2, 0.25) is 0 Å². The highest BCUT2D eigenvalue weighted by atomic mass is 16.6. The molecule has 0 aromatic heterocycles. The van der Waals surface area contributed by atoms with E-state index in [-0.39, 0.29) is 0 Å². The third-order valence-corrected chi connectivity index (χ3v) is 0.786. The lowest BCUT2D eigenvalue weighted by molar-refractivity contribution is 0.510. The monoisotopic (exact) mass is 96.1 g/mol. The molecule has 0 radical (unpaired) electrons. The first-order valence-electron chi connectivity index (χ1n) is 2.38. The van der Waals surface area contributed by atoms with Gasteiger partial charge in [0.25, 0.3) is 0 Å². The van der Waals surface area contributed by atoms with Crippen LogP contribution < -0.4 is 0 Å². The van der Waals surface area contributed by atoms with Gasteiger partial charge in [0, 0.05) is 0 Å². The Balaban J connectivity index is 2.31. The fourth-order valence-electron chi connectivity index (χ4n) is 0.341. The molecule has 0 unspecified atom stereocenters. The van der Waals surface area contributed by atoms with Gasteiger partial charge in [0.05, 0.1) is 0 Å². The van der Waals surface area contributed by atoms with Crippen molar-refractivity contribution in [2.75, 3.05) is 6.61 Å². The fourth-order valence-corrected chi connectivity index (χ4v) is 0.341. The molecule has 7 heavy (non-hydrogen) atoms. The Morgan fingerprint density at radius 3 is 2.86 bits per heavy atom. The van der Waals surface area contributed by atoms with Gasteiger partial charge in [-0.2, -0.15) is 0 Å². The van der Waals surface area contributed by atoms with Gasteiger partial charge in [-0.15, -0.1) is 0 Å². The van der Waals surface area contributed by atoms with E-state index in [1.165, 1.54) is 0 Å². The number of ether oxygens (including phenoxy) is 1. The minimum atomic E-state index is 0.838. The Labute approximate surface area is 43.3 Å². The van der Waals surface area contributed by atoms with E-state index in [1.807, 2.05) is 25.2 Å². The fraction of sp³-hybridized carbons (Fsp3) is 0.333. The van der Waals surface area contributed by atoms with Crippen LogP contribution in [0.15, 0.2) is 24.0 Å². The molecule has 1 fully saturated rings. The smallest absolute Gasteiger partial charge is 0.145 e. The first-order valence-corrected chi connectivity index (χ1v) is 2.38. The molecule has 1 nitrogen and oxygen atoms in total. The van der Waals surface area contributed by atoms with E-state index in [1.54, 1.807) is 0 Å². The van der Waals surface area contributed by atoms with Crippen molar-refractivity contribution in [3.05, 3.63) is 24.0 Å². The number of allylic oxidation sites excluding steroid dienone is 3. The molecule has 0 amide bonds. The molecule has 0 N–H and O–H groups in total. The largest absolute Gasteiger partial charge is 0.486 e. The molecule has 0 bridgehead atoms. The van der Waals surface area contributed by atoms with Gasteiger partial charge in [-0.3, -0.25) is 0 Å². The lowest BCUT2D eigenvalue weighted by atomic mass is 10.5. The maximum Gasteiger partial charge on any atom is 0.145 e. The Morgan fingerprint density at radius 2 is 2.43 bits per heavy atom. The predicted molar refractivity (Wildman–Crippen MR) is 28.8 cm³/mol. The van der Waals surface area contributed by atoms with Gasteiger partial charge < -0.3 is 4.74 Å². The molecule has 0 aromatic carbocycles. The molecule has 0 aliphatic carbocycles. The SMILES string of the molecule is C/C=C/C=C1/CO1. The van der Waals surface area contributed by atoms with Crippen LogP contribution in [0.25, 0.3) is 0 Å². The van der Waals surface area contributed by atoms with E-state index in [2.05, 4.69) is 0 Å². The summed E-state index contributed by atoms with van der Waals surface area (Å²) in [6.45, 7) is 2.82. The van der Waals surface area contributed by atoms with Crippen LogP contribution in [-0.4, -0.2) is 6.61 Å². The van der Waals surface area contributed by atoms with E-state index in [0.717, 1.165) is 12.4 Å². The summed E-state index contributed by atoms with van der Waals surface area (Å²) in [5, 5.41) is 0. The number of hydrogen-bond donors (Lipinski definition) is 0. The molecule has 1 heteroatoms. The number of hydrogen-bond acceptors (Lipinski definition) is 1. The van der Waals surface area contributed by atoms with Crippen molar-refractivity contribution in [1.82, 2.24) is 0 Å². The van der Waals surface area contributed by atoms with Gasteiger partial charge in [-0.25, -0.2) is 0 Å². The topological polar surface area (TPSA) is 12.5 Å². The predicted octanol–water partition coefficient (Wildman–Crippen LogP) is 1.48. The minimum Gasteiger partial charge on any atom is -0.486 e. The molecular formula is C6H8O. The molecule has 0 atom stereocenters. The van der Waals surface area contributed by atoms with Crippen LogP contribution in [0.2, 0.25) is 0 Å².